The Morgan fingerprint density at radius 1 is 1.05 bits per heavy atom. The highest BCUT2D eigenvalue weighted by atomic mass is 32.2. The molecular weight excluding hydrogens is 508 g/mol. The summed E-state index contributed by atoms with van der Waals surface area (Å²) in [7, 11) is 3.11. The van der Waals surface area contributed by atoms with Gasteiger partial charge >= 0.3 is 5.97 Å². The predicted molar refractivity (Wildman–Crippen MR) is 161 cm³/mol. The first-order valence-corrected chi connectivity index (χ1v) is 15.6. The molecule has 0 saturated heterocycles. The Kier molecular flexibility index (Phi) is 13.3. The fourth-order valence-corrected chi connectivity index (χ4v) is 5.91. The minimum Gasteiger partial charge on any atom is -0.467 e. The fourth-order valence-electron chi connectivity index (χ4n) is 5.44. The number of amides is 1. The van der Waals surface area contributed by atoms with Crippen LogP contribution in [-0.2, 0) is 20.8 Å². The van der Waals surface area contributed by atoms with Crippen molar-refractivity contribution < 1.29 is 19.1 Å². The molecular formula is C32H46N2O4S. The van der Waals surface area contributed by atoms with Gasteiger partial charge in [0.2, 0.25) is 0 Å². The molecule has 0 heterocycles. The molecule has 1 fully saturated rings. The van der Waals surface area contributed by atoms with Gasteiger partial charge in [0.1, 0.15) is 6.04 Å². The Balaban J connectivity index is 1.86. The minimum atomic E-state index is -0.677. The highest BCUT2D eigenvalue weighted by molar-refractivity contribution is 7.98. The van der Waals surface area contributed by atoms with Gasteiger partial charge in [-0.15, -0.1) is 0 Å². The average Bonchev–Trinajstić information content (AvgIpc) is 2.96. The lowest BCUT2D eigenvalue weighted by molar-refractivity contribution is -0.142. The Bertz CT molecular complexity index is 1050. The number of carbonyl (C=O) groups is 2. The summed E-state index contributed by atoms with van der Waals surface area (Å²) in [5, 5.41) is 2.94. The van der Waals surface area contributed by atoms with Crippen LogP contribution in [0.25, 0.3) is 11.1 Å². The molecule has 0 radical (unpaired) electrons. The maximum atomic E-state index is 13.5. The number of hydrogen-bond donors (Lipinski definition) is 1. The van der Waals surface area contributed by atoms with E-state index >= 15 is 0 Å². The second-order valence-electron chi connectivity index (χ2n) is 10.6. The van der Waals surface area contributed by atoms with Crippen LogP contribution in [0.4, 0.5) is 0 Å². The number of ether oxygens (including phenoxy) is 2. The number of hydrogen-bond acceptors (Lipinski definition) is 6. The zero-order chi connectivity index (χ0) is 28.0. The van der Waals surface area contributed by atoms with Crippen molar-refractivity contribution in [1.82, 2.24) is 10.2 Å². The topological polar surface area (TPSA) is 67.9 Å². The summed E-state index contributed by atoms with van der Waals surface area (Å²) < 4.78 is 10.4. The van der Waals surface area contributed by atoms with E-state index in [1.54, 1.807) is 18.9 Å². The van der Waals surface area contributed by atoms with Crippen LogP contribution in [0.1, 0.15) is 66.4 Å². The van der Waals surface area contributed by atoms with Gasteiger partial charge in [-0.1, -0.05) is 62.4 Å². The molecule has 6 nitrogen and oxygen atoms in total. The van der Waals surface area contributed by atoms with Crippen molar-refractivity contribution in [3.8, 4) is 11.1 Å². The largest absolute Gasteiger partial charge is 0.467 e. The van der Waals surface area contributed by atoms with Crippen LogP contribution in [0.3, 0.4) is 0 Å². The SMILES string of the molecule is COCCN(CCC1CCCCC1)Cc1ccc(C(=O)NC(CCSC)C(=O)OC)c(-c2ccccc2C)c1. The van der Waals surface area contributed by atoms with Crippen molar-refractivity contribution in [2.24, 2.45) is 5.92 Å². The van der Waals surface area contributed by atoms with Gasteiger partial charge in [-0.2, -0.15) is 11.8 Å². The molecule has 0 aromatic heterocycles. The van der Waals surface area contributed by atoms with E-state index in [9.17, 15) is 9.59 Å². The summed E-state index contributed by atoms with van der Waals surface area (Å²) >= 11 is 1.64. The first-order chi connectivity index (χ1) is 19.0. The van der Waals surface area contributed by atoms with E-state index in [4.69, 9.17) is 9.47 Å². The van der Waals surface area contributed by atoms with Gasteiger partial charge in [0.25, 0.3) is 5.91 Å². The zero-order valence-electron chi connectivity index (χ0n) is 24.2. The molecule has 7 heteroatoms. The molecule has 1 aliphatic carbocycles. The van der Waals surface area contributed by atoms with Crippen LogP contribution in [-0.4, -0.2) is 68.7 Å². The van der Waals surface area contributed by atoms with Crippen molar-refractivity contribution in [3.05, 3.63) is 59.2 Å². The van der Waals surface area contributed by atoms with Crippen LogP contribution in [0, 0.1) is 12.8 Å². The molecule has 1 saturated carbocycles. The quantitative estimate of drug-likeness (QED) is 0.268. The van der Waals surface area contributed by atoms with E-state index in [0.717, 1.165) is 53.6 Å². The molecule has 1 amide bonds. The molecule has 2 aromatic rings. The average molecular weight is 555 g/mol. The van der Waals surface area contributed by atoms with E-state index in [-0.39, 0.29) is 5.91 Å². The minimum absolute atomic E-state index is 0.259. The summed E-state index contributed by atoms with van der Waals surface area (Å²) in [5.74, 6) is 0.899. The first kappa shape index (κ1) is 31.2. The van der Waals surface area contributed by atoms with Crippen molar-refractivity contribution in [2.45, 2.75) is 64.5 Å². The Hall–Kier alpha value is -2.35. The maximum absolute atomic E-state index is 13.5. The molecule has 0 aliphatic heterocycles. The second kappa shape index (κ2) is 16.7. The third-order valence-corrected chi connectivity index (χ3v) is 8.41. The van der Waals surface area contributed by atoms with E-state index in [1.807, 2.05) is 30.5 Å². The number of carbonyl (C=O) groups excluding carboxylic acids is 2. The summed E-state index contributed by atoms with van der Waals surface area (Å²) in [6.45, 7) is 5.48. The molecule has 214 valence electrons. The van der Waals surface area contributed by atoms with Crippen molar-refractivity contribution in [3.63, 3.8) is 0 Å². The third-order valence-electron chi connectivity index (χ3n) is 7.76. The molecule has 1 N–H and O–H groups in total. The van der Waals surface area contributed by atoms with Gasteiger partial charge in [-0.25, -0.2) is 4.79 Å². The van der Waals surface area contributed by atoms with Crippen molar-refractivity contribution >= 4 is 23.6 Å². The summed E-state index contributed by atoms with van der Waals surface area (Å²) in [5.41, 5.74) is 4.74. The normalized spacial score (nSPS) is 14.8. The van der Waals surface area contributed by atoms with E-state index in [1.165, 1.54) is 45.6 Å². The number of benzene rings is 2. The van der Waals surface area contributed by atoms with Gasteiger partial charge in [0.05, 0.1) is 13.7 Å². The number of rotatable bonds is 15. The molecule has 39 heavy (non-hydrogen) atoms. The van der Waals surface area contributed by atoms with Crippen LogP contribution in [0.15, 0.2) is 42.5 Å². The second-order valence-corrected chi connectivity index (χ2v) is 11.6. The number of aryl methyl sites for hydroxylation is 1. The third kappa shape index (κ3) is 9.66. The highest BCUT2D eigenvalue weighted by Gasteiger charge is 2.24. The van der Waals surface area contributed by atoms with Gasteiger partial charge in [-0.3, -0.25) is 9.69 Å². The van der Waals surface area contributed by atoms with Crippen LogP contribution in [0.5, 0.6) is 0 Å². The Morgan fingerprint density at radius 3 is 2.51 bits per heavy atom. The molecule has 0 spiro atoms. The maximum Gasteiger partial charge on any atom is 0.328 e. The van der Waals surface area contributed by atoms with E-state index in [2.05, 4.69) is 35.3 Å². The van der Waals surface area contributed by atoms with Gasteiger partial charge in [0, 0.05) is 25.8 Å². The van der Waals surface area contributed by atoms with Crippen LogP contribution in [0.2, 0.25) is 0 Å². The van der Waals surface area contributed by atoms with Gasteiger partial charge in [0.15, 0.2) is 0 Å². The van der Waals surface area contributed by atoms with E-state index < -0.39 is 12.0 Å². The number of methoxy groups -OCH3 is 2. The monoisotopic (exact) mass is 554 g/mol. The van der Waals surface area contributed by atoms with E-state index in [0.29, 0.717) is 18.6 Å². The van der Waals surface area contributed by atoms with Crippen LogP contribution >= 0.6 is 11.8 Å². The summed E-state index contributed by atoms with van der Waals surface area (Å²) in [6.07, 6.45) is 10.5. The van der Waals surface area contributed by atoms with Crippen molar-refractivity contribution in [1.29, 1.82) is 0 Å². The highest BCUT2D eigenvalue weighted by Crippen LogP contribution is 2.30. The number of nitrogens with one attached hydrogen (secondary N) is 1. The lowest BCUT2D eigenvalue weighted by atomic mass is 9.87. The lowest BCUT2D eigenvalue weighted by Gasteiger charge is -2.27. The zero-order valence-corrected chi connectivity index (χ0v) is 25.0. The number of nitrogens with zero attached hydrogens (tertiary/aromatic N) is 1. The predicted octanol–water partition coefficient (Wildman–Crippen LogP) is 6.11. The molecule has 1 unspecified atom stereocenters. The molecule has 3 rings (SSSR count). The smallest absolute Gasteiger partial charge is 0.328 e. The number of thioether (sulfide) groups is 1. The number of esters is 1. The summed E-state index contributed by atoms with van der Waals surface area (Å²) in [4.78, 5) is 28.4. The Labute approximate surface area is 239 Å². The molecule has 1 atom stereocenters. The molecule has 1 aliphatic rings. The Morgan fingerprint density at radius 2 is 1.82 bits per heavy atom. The standard InChI is InChI=1S/C32H46N2O4S/c1-24-10-8-9-13-27(24)29-22-26(23-34(19-20-37-2)18-16-25-11-6-5-7-12-25)14-15-28(29)31(35)33-30(17-21-39-4)32(36)38-3/h8-10,13-15,22,25,30H,5-7,11-12,16-21,23H2,1-4H3,(H,33,35). The lowest BCUT2D eigenvalue weighted by Crippen LogP contribution is -2.42. The summed E-state index contributed by atoms with van der Waals surface area (Å²) in [6, 6.07) is 13.6. The molecule has 0 bridgehead atoms. The first-order valence-electron chi connectivity index (χ1n) is 14.2. The molecule has 2 aromatic carbocycles. The van der Waals surface area contributed by atoms with Crippen LogP contribution < -0.4 is 5.32 Å². The van der Waals surface area contributed by atoms with Crippen molar-refractivity contribution in [2.75, 3.05) is 45.9 Å². The van der Waals surface area contributed by atoms with Gasteiger partial charge < -0.3 is 14.8 Å². The fraction of sp³-hybridized carbons (Fsp3) is 0.562. The van der Waals surface area contributed by atoms with Gasteiger partial charge in [-0.05, 0) is 78.6 Å².